The lowest BCUT2D eigenvalue weighted by atomic mass is 9.93. The number of rotatable bonds is 5. The lowest BCUT2D eigenvalue weighted by molar-refractivity contribution is 1.02. The van der Waals surface area contributed by atoms with Crippen LogP contribution < -0.4 is 0 Å². The van der Waals surface area contributed by atoms with Crippen molar-refractivity contribution in [1.82, 2.24) is 19.1 Å². The summed E-state index contributed by atoms with van der Waals surface area (Å²) in [6.45, 7) is 2.14. The Bertz CT molecular complexity index is 4890. The molecule has 0 amide bonds. The molecule has 15 rings (SSSR count). The van der Waals surface area contributed by atoms with Gasteiger partial charge in [0, 0.05) is 59.0 Å². The van der Waals surface area contributed by atoms with Gasteiger partial charge in [-0.3, -0.25) is 4.57 Å². The molecular weight excluding hydrogens is 893 g/mol. The van der Waals surface area contributed by atoms with Gasteiger partial charge in [0.25, 0.3) is 0 Å². The van der Waals surface area contributed by atoms with E-state index in [1.807, 2.05) is 17.4 Å². The van der Waals surface area contributed by atoms with Crippen molar-refractivity contribution in [3.8, 4) is 46.4 Å². The minimum Gasteiger partial charge on any atom is -0.309 e. The van der Waals surface area contributed by atoms with Crippen LogP contribution >= 0.6 is 11.3 Å². The minimum atomic E-state index is 0.634. The summed E-state index contributed by atoms with van der Waals surface area (Å²) in [5.41, 5.74) is 13.1. The summed E-state index contributed by atoms with van der Waals surface area (Å²) < 4.78 is 7.20. The van der Waals surface area contributed by atoms with E-state index in [0.717, 1.165) is 60.8 Å². The minimum absolute atomic E-state index is 0.634. The molecule has 4 nitrogen and oxygen atoms in total. The van der Waals surface area contributed by atoms with E-state index in [1.54, 1.807) is 6.08 Å². The van der Waals surface area contributed by atoms with Crippen molar-refractivity contribution in [2.75, 3.05) is 0 Å². The molecule has 15 aromatic rings. The molecule has 72 heavy (non-hydrogen) atoms. The largest absolute Gasteiger partial charge is 0.309 e. The van der Waals surface area contributed by atoms with Gasteiger partial charge >= 0.3 is 0 Å². The average molecular weight is 933 g/mol. The van der Waals surface area contributed by atoms with E-state index >= 15 is 0 Å². The van der Waals surface area contributed by atoms with Crippen molar-refractivity contribution in [1.29, 1.82) is 0 Å². The first-order valence-electron chi connectivity index (χ1n) is 24.4. The first kappa shape index (κ1) is 40.5. The van der Waals surface area contributed by atoms with Crippen LogP contribution in [0.15, 0.2) is 212 Å². The third-order valence-electron chi connectivity index (χ3n) is 14.9. The number of allylic oxidation sites excluding steroid dienone is 1. The van der Waals surface area contributed by atoms with E-state index in [9.17, 15) is 0 Å². The van der Waals surface area contributed by atoms with E-state index in [1.165, 1.54) is 85.4 Å². The molecule has 0 spiro atoms. The number of hydrogen-bond donors (Lipinski definition) is 0. The smallest absolute Gasteiger partial charge is 0.235 e. The van der Waals surface area contributed by atoms with E-state index in [0.29, 0.717) is 5.95 Å². The maximum Gasteiger partial charge on any atom is 0.235 e. The highest BCUT2D eigenvalue weighted by atomic mass is 32.1. The first-order chi connectivity index (χ1) is 35.6. The number of hydrogen-bond acceptors (Lipinski definition) is 3. The van der Waals surface area contributed by atoms with E-state index in [4.69, 9.17) is 16.4 Å². The van der Waals surface area contributed by atoms with Crippen molar-refractivity contribution < 1.29 is 0 Å². The summed E-state index contributed by atoms with van der Waals surface area (Å²) in [5.74, 6) is 3.29. The van der Waals surface area contributed by atoms with Gasteiger partial charge in [-0.25, -0.2) is 9.97 Å². The maximum atomic E-state index is 5.77. The Labute approximate surface area is 418 Å². The zero-order valence-electron chi connectivity index (χ0n) is 39.1. The Morgan fingerprint density at radius 2 is 1.04 bits per heavy atom. The summed E-state index contributed by atoms with van der Waals surface area (Å²) in [4.78, 5) is 11.5. The number of benzene rings is 11. The SMILES string of the molecule is C#C/C=C\c1ccc(-c2nc(-n3c4ccccc4c4c5ccccc5c5c6cc(-c7ccc8c9ccccc9n(-c9ccccc9)c8c7)ccc6sc5c43)nc3c4ccccc4c4ccccc4c23)cc1C. The number of aromatic nitrogens is 4. The maximum absolute atomic E-state index is 5.77. The predicted octanol–water partition coefficient (Wildman–Crippen LogP) is 17.9. The highest BCUT2D eigenvalue weighted by molar-refractivity contribution is 7.27. The van der Waals surface area contributed by atoms with Crippen LogP contribution in [0.4, 0.5) is 0 Å². The molecule has 0 unspecified atom stereocenters. The Morgan fingerprint density at radius 1 is 0.458 bits per heavy atom. The van der Waals surface area contributed by atoms with Crippen LogP contribution in [0, 0.1) is 19.3 Å². The summed E-state index contributed by atoms with van der Waals surface area (Å²) in [6.07, 6.45) is 9.42. The number of terminal acetylenes is 1. The molecule has 5 heteroatoms. The quantitative estimate of drug-likeness (QED) is 0.127. The third kappa shape index (κ3) is 5.82. The van der Waals surface area contributed by atoms with Gasteiger partial charge in [0.1, 0.15) is 0 Å². The van der Waals surface area contributed by atoms with Crippen LogP contribution in [0.1, 0.15) is 11.1 Å². The van der Waals surface area contributed by atoms with Gasteiger partial charge in [0.15, 0.2) is 0 Å². The third-order valence-corrected chi connectivity index (χ3v) is 16.1. The topological polar surface area (TPSA) is 35.6 Å². The molecule has 0 aliphatic carbocycles. The molecule has 334 valence electrons. The molecule has 11 aromatic carbocycles. The van der Waals surface area contributed by atoms with E-state index in [2.05, 4.69) is 228 Å². The number of fused-ring (bicyclic) bond motifs is 19. The monoisotopic (exact) mass is 932 g/mol. The summed E-state index contributed by atoms with van der Waals surface area (Å²) in [7, 11) is 0. The number of para-hydroxylation sites is 3. The standard InChI is InChI=1S/C67H40N4S/c1-3-4-18-41-31-32-44(37-40(41)2)63-62-50-24-10-8-21-46(50)47-22-9-13-27-53(47)64(62)69-67(68-63)71-57-30-17-15-28-54(57)60-51-25-11-12-26-52(51)61-55-38-42(34-36-59(55)72-66(61)65(60)71)43-33-35-49-48-23-14-16-29-56(48)70(58(49)39-43)45-19-6-5-7-20-45/h1,4-39H,2H3/b18-4-. The molecule has 0 N–H and O–H groups in total. The van der Waals surface area contributed by atoms with Gasteiger partial charge in [-0.1, -0.05) is 164 Å². The first-order valence-corrected chi connectivity index (χ1v) is 25.2. The molecule has 4 aromatic heterocycles. The molecule has 0 radical (unpaired) electrons. The van der Waals surface area contributed by atoms with Crippen LogP contribution in [-0.2, 0) is 0 Å². The Hall–Kier alpha value is -9.34. The van der Waals surface area contributed by atoms with Crippen LogP contribution in [0.2, 0.25) is 0 Å². The summed E-state index contributed by atoms with van der Waals surface area (Å²) >= 11 is 1.86. The normalized spacial score (nSPS) is 12.2. The fourth-order valence-corrected chi connectivity index (χ4v) is 13.0. The molecule has 0 fully saturated rings. The molecule has 0 atom stereocenters. The highest BCUT2D eigenvalue weighted by Gasteiger charge is 2.26. The summed E-state index contributed by atoms with van der Waals surface area (Å²) in [6, 6.07) is 75.1. The van der Waals surface area contributed by atoms with Gasteiger partial charge in [-0.2, -0.15) is 0 Å². The molecule has 0 bridgehead atoms. The predicted molar refractivity (Wildman–Crippen MR) is 307 cm³/mol. The average Bonchev–Trinajstić information content (AvgIpc) is 4.11. The molecule has 0 saturated carbocycles. The Kier molecular flexibility index (Phi) is 8.77. The van der Waals surface area contributed by atoms with Gasteiger partial charge in [0.2, 0.25) is 5.95 Å². The number of nitrogens with zero attached hydrogens (tertiary/aromatic N) is 4. The van der Waals surface area contributed by atoms with Crippen molar-refractivity contribution in [3.63, 3.8) is 0 Å². The lowest BCUT2D eigenvalue weighted by Gasteiger charge is -2.17. The molecule has 4 heterocycles. The second-order valence-electron chi connectivity index (χ2n) is 18.8. The van der Waals surface area contributed by atoms with Crippen molar-refractivity contribution >= 4 is 124 Å². The zero-order valence-corrected chi connectivity index (χ0v) is 39.9. The second-order valence-corrected chi connectivity index (χ2v) is 19.9. The van der Waals surface area contributed by atoms with E-state index < -0.39 is 0 Å². The fraction of sp³-hybridized carbons (Fsp3) is 0.0149. The van der Waals surface area contributed by atoms with Crippen LogP contribution in [0.25, 0.3) is 147 Å². The van der Waals surface area contributed by atoms with Crippen LogP contribution in [0.5, 0.6) is 0 Å². The molecule has 0 saturated heterocycles. The highest BCUT2D eigenvalue weighted by Crippen LogP contribution is 2.49. The van der Waals surface area contributed by atoms with Crippen molar-refractivity contribution in [2.24, 2.45) is 0 Å². The second kappa shape index (κ2) is 15.6. The van der Waals surface area contributed by atoms with Gasteiger partial charge in [-0.15, -0.1) is 17.8 Å². The van der Waals surface area contributed by atoms with Crippen molar-refractivity contribution in [2.45, 2.75) is 6.92 Å². The van der Waals surface area contributed by atoms with Crippen molar-refractivity contribution in [3.05, 3.63) is 223 Å². The Balaban J connectivity index is 1.04. The van der Waals surface area contributed by atoms with Crippen LogP contribution in [0.3, 0.4) is 0 Å². The van der Waals surface area contributed by atoms with Gasteiger partial charge < -0.3 is 4.57 Å². The number of thiophene rings is 1. The molecule has 0 aliphatic heterocycles. The van der Waals surface area contributed by atoms with Gasteiger partial charge in [0.05, 0.1) is 38.0 Å². The van der Waals surface area contributed by atoms with Crippen LogP contribution in [-0.4, -0.2) is 19.1 Å². The zero-order chi connectivity index (χ0) is 47.6. The van der Waals surface area contributed by atoms with Gasteiger partial charge in [-0.05, 0) is 117 Å². The van der Waals surface area contributed by atoms with E-state index in [-0.39, 0.29) is 0 Å². The lowest BCUT2D eigenvalue weighted by Crippen LogP contribution is -2.04. The fourth-order valence-electron chi connectivity index (χ4n) is 11.8. The Morgan fingerprint density at radius 3 is 1.79 bits per heavy atom. The molecule has 0 aliphatic rings. The summed E-state index contributed by atoms with van der Waals surface area (Å²) in [5, 5.41) is 15.4. The molecular formula is C67H40N4S. The number of aryl methyl sites for hydroxylation is 1.